The molecular formula is C18H13ClFN3O3S. The van der Waals surface area contributed by atoms with Gasteiger partial charge in [0, 0.05) is 5.69 Å². The molecule has 1 aromatic heterocycles. The van der Waals surface area contributed by atoms with Gasteiger partial charge in [0.25, 0.3) is 5.91 Å². The lowest BCUT2D eigenvalue weighted by atomic mass is 10.2. The number of amides is 1. The highest BCUT2D eigenvalue weighted by atomic mass is 35.5. The second-order valence-electron chi connectivity index (χ2n) is 5.55. The molecule has 0 aliphatic rings. The third-order valence-electron chi connectivity index (χ3n) is 3.52. The predicted octanol–water partition coefficient (Wildman–Crippen LogP) is 3.50. The fourth-order valence-corrected chi connectivity index (χ4v) is 3.62. The molecule has 3 rings (SSSR count). The molecule has 1 amide bonds. The van der Waals surface area contributed by atoms with E-state index in [1.54, 1.807) is 30.3 Å². The number of anilines is 1. The predicted molar refractivity (Wildman–Crippen MR) is 98.7 cm³/mol. The standard InChI is InChI=1S/C18H13ClFN3O3S/c19-15-10-21-18(27(25,26)11-12-6-8-13(20)9-7-12)23-16(15)17(24)22-14-4-2-1-3-5-14/h1-10H,11H2,(H,22,24). The Morgan fingerprint density at radius 2 is 1.74 bits per heavy atom. The number of sulfone groups is 1. The smallest absolute Gasteiger partial charge is 0.275 e. The van der Waals surface area contributed by atoms with Gasteiger partial charge in [-0.2, -0.15) is 0 Å². The van der Waals surface area contributed by atoms with Crippen LogP contribution in [0.25, 0.3) is 0 Å². The van der Waals surface area contributed by atoms with Gasteiger partial charge in [0.1, 0.15) is 5.82 Å². The molecule has 3 aromatic rings. The molecule has 0 spiro atoms. The van der Waals surface area contributed by atoms with Crippen LogP contribution in [0.15, 0.2) is 66.0 Å². The summed E-state index contributed by atoms with van der Waals surface area (Å²) in [7, 11) is -3.96. The van der Waals surface area contributed by atoms with Crippen molar-refractivity contribution in [3.63, 3.8) is 0 Å². The van der Waals surface area contributed by atoms with Gasteiger partial charge >= 0.3 is 0 Å². The van der Waals surface area contributed by atoms with Crippen LogP contribution in [0.3, 0.4) is 0 Å². The first-order valence-electron chi connectivity index (χ1n) is 7.71. The van der Waals surface area contributed by atoms with Crippen LogP contribution in [0, 0.1) is 5.82 Å². The Kier molecular flexibility index (Phi) is 5.48. The number of hydrogen-bond acceptors (Lipinski definition) is 5. The Balaban J connectivity index is 1.87. The molecule has 0 saturated heterocycles. The summed E-state index contributed by atoms with van der Waals surface area (Å²) in [4.78, 5) is 20.0. The van der Waals surface area contributed by atoms with Crippen molar-refractivity contribution in [1.82, 2.24) is 9.97 Å². The zero-order chi connectivity index (χ0) is 19.4. The van der Waals surface area contributed by atoms with Gasteiger partial charge in [0.15, 0.2) is 5.69 Å². The normalized spacial score (nSPS) is 11.2. The highest BCUT2D eigenvalue weighted by Crippen LogP contribution is 2.19. The second kappa shape index (κ2) is 7.81. The first-order chi connectivity index (χ1) is 12.8. The van der Waals surface area contributed by atoms with E-state index in [1.165, 1.54) is 12.1 Å². The van der Waals surface area contributed by atoms with E-state index >= 15 is 0 Å². The first-order valence-corrected chi connectivity index (χ1v) is 9.74. The van der Waals surface area contributed by atoms with Gasteiger partial charge in [0.05, 0.1) is 17.0 Å². The van der Waals surface area contributed by atoms with Gasteiger partial charge in [0.2, 0.25) is 15.0 Å². The molecular weight excluding hydrogens is 393 g/mol. The van der Waals surface area contributed by atoms with Crippen LogP contribution in [0.5, 0.6) is 0 Å². The van der Waals surface area contributed by atoms with Crippen LogP contribution in [0.2, 0.25) is 5.02 Å². The minimum atomic E-state index is -3.96. The fraction of sp³-hybridized carbons (Fsp3) is 0.0556. The summed E-state index contributed by atoms with van der Waals surface area (Å²) in [6.07, 6.45) is 1.06. The largest absolute Gasteiger partial charge is 0.321 e. The molecule has 27 heavy (non-hydrogen) atoms. The molecule has 0 fully saturated rings. The quantitative estimate of drug-likeness (QED) is 0.656. The molecule has 0 aliphatic carbocycles. The molecule has 9 heteroatoms. The minimum Gasteiger partial charge on any atom is -0.321 e. The summed E-state index contributed by atoms with van der Waals surface area (Å²) < 4.78 is 38.0. The first kappa shape index (κ1) is 18.9. The number of hydrogen-bond donors (Lipinski definition) is 1. The molecule has 138 valence electrons. The molecule has 0 radical (unpaired) electrons. The molecule has 1 heterocycles. The van der Waals surface area contributed by atoms with Gasteiger partial charge in [-0.1, -0.05) is 41.9 Å². The molecule has 2 aromatic carbocycles. The molecule has 0 saturated carbocycles. The van der Waals surface area contributed by atoms with E-state index in [1.807, 2.05) is 0 Å². The van der Waals surface area contributed by atoms with Crippen LogP contribution in [-0.4, -0.2) is 24.3 Å². The minimum absolute atomic E-state index is 0.0795. The van der Waals surface area contributed by atoms with Crippen molar-refractivity contribution in [1.29, 1.82) is 0 Å². The summed E-state index contributed by atoms with van der Waals surface area (Å²) >= 11 is 5.96. The summed E-state index contributed by atoms with van der Waals surface area (Å²) in [5, 5.41) is 1.97. The number of nitrogens with one attached hydrogen (secondary N) is 1. The average molecular weight is 406 g/mol. The van der Waals surface area contributed by atoms with Crippen molar-refractivity contribution < 1.29 is 17.6 Å². The highest BCUT2D eigenvalue weighted by molar-refractivity contribution is 7.90. The highest BCUT2D eigenvalue weighted by Gasteiger charge is 2.23. The van der Waals surface area contributed by atoms with Crippen molar-refractivity contribution in [2.75, 3.05) is 5.32 Å². The number of rotatable bonds is 5. The number of para-hydroxylation sites is 1. The SMILES string of the molecule is O=C(Nc1ccccc1)c1nc(S(=O)(=O)Cc2ccc(F)cc2)ncc1Cl. The lowest BCUT2D eigenvalue weighted by Crippen LogP contribution is -2.18. The third-order valence-corrected chi connectivity index (χ3v) is 5.26. The molecule has 0 unspecified atom stereocenters. The lowest BCUT2D eigenvalue weighted by molar-refractivity contribution is 0.102. The van der Waals surface area contributed by atoms with Crippen LogP contribution in [0.1, 0.15) is 16.1 Å². The summed E-state index contributed by atoms with van der Waals surface area (Å²) in [5.41, 5.74) is 0.617. The van der Waals surface area contributed by atoms with E-state index in [0.717, 1.165) is 18.3 Å². The van der Waals surface area contributed by atoms with Crippen molar-refractivity contribution in [3.05, 3.63) is 82.9 Å². The van der Waals surface area contributed by atoms with E-state index in [-0.39, 0.29) is 10.7 Å². The Labute approximate surface area is 160 Å². The van der Waals surface area contributed by atoms with E-state index < -0.39 is 32.5 Å². The Bertz CT molecular complexity index is 1070. The maximum absolute atomic E-state index is 13.0. The van der Waals surface area contributed by atoms with Crippen LogP contribution >= 0.6 is 11.6 Å². The topological polar surface area (TPSA) is 89.0 Å². The van der Waals surface area contributed by atoms with Gasteiger partial charge in [-0.3, -0.25) is 4.79 Å². The van der Waals surface area contributed by atoms with Gasteiger partial charge in [-0.05, 0) is 29.8 Å². The Hall–Kier alpha value is -2.84. The van der Waals surface area contributed by atoms with Crippen LogP contribution in [-0.2, 0) is 15.6 Å². The number of halogens is 2. The van der Waals surface area contributed by atoms with Crippen molar-refractivity contribution >= 4 is 33.0 Å². The zero-order valence-corrected chi connectivity index (χ0v) is 15.3. The molecule has 0 atom stereocenters. The van der Waals surface area contributed by atoms with Gasteiger partial charge in [-0.25, -0.2) is 22.8 Å². The maximum Gasteiger partial charge on any atom is 0.275 e. The van der Waals surface area contributed by atoms with Crippen molar-refractivity contribution in [3.8, 4) is 0 Å². The molecule has 1 N–H and O–H groups in total. The fourth-order valence-electron chi connectivity index (χ4n) is 2.24. The zero-order valence-electron chi connectivity index (χ0n) is 13.8. The number of nitrogens with zero attached hydrogens (tertiary/aromatic N) is 2. The van der Waals surface area contributed by atoms with E-state index in [4.69, 9.17) is 11.6 Å². The van der Waals surface area contributed by atoms with Crippen molar-refractivity contribution in [2.45, 2.75) is 10.9 Å². The Morgan fingerprint density at radius 1 is 1.07 bits per heavy atom. The number of benzene rings is 2. The maximum atomic E-state index is 13.0. The molecule has 0 aliphatic heterocycles. The summed E-state index contributed by atoms with van der Waals surface area (Å²) in [6.45, 7) is 0. The van der Waals surface area contributed by atoms with Gasteiger partial charge < -0.3 is 5.32 Å². The van der Waals surface area contributed by atoms with Crippen LogP contribution < -0.4 is 5.32 Å². The van der Waals surface area contributed by atoms with E-state index in [2.05, 4.69) is 15.3 Å². The summed E-state index contributed by atoms with van der Waals surface area (Å²) in [6, 6.07) is 13.6. The van der Waals surface area contributed by atoms with Crippen LogP contribution in [0.4, 0.5) is 10.1 Å². The van der Waals surface area contributed by atoms with E-state index in [0.29, 0.717) is 11.3 Å². The van der Waals surface area contributed by atoms with E-state index in [9.17, 15) is 17.6 Å². The Morgan fingerprint density at radius 3 is 2.41 bits per heavy atom. The van der Waals surface area contributed by atoms with Crippen molar-refractivity contribution in [2.24, 2.45) is 0 Å². The third kappa shape index (κ3) is 4.66. The number of carbonyl (C=O) groups is 1. The number of carbonyl (C=O) groups excluding carboxylic acids is 1. The second-order valence-corrected chi connectivity index (χ2v) is 7.85. The lowest BCUT2D eigenvalue weighted by Gasteiger charge is -2.08. The molecule has 6 nitrogen and oxygen atoms in total. The molecule has 0 bridgehead atoms. The average Bonchev–Trinajstić information content (AvgIpc) is 2.64. The van der Waals surface area contributed by atoms with Gasteiger partial charge in [-0.15, -0.1) is 0 Å². The summed E-state index contributed by atoms with van der Waals surface area (Å²) in [5.74, 6) is -1.57. The monoisotopic (exact) mass is 405 g/mol. The number of aromatic nitrogens is 2.